The lowest BCUT2D eigenvalue weighted by atomic mass is 9.98. The Balaban J connectivity index is 1.33. The zero-order chi connectivity index (χ0) is 20.9. The fourth-order valence-corrected chi connectivity index (χ4v) is 4.00. The van der Waals surface area contributed by atoms with E-state index in [-0.39, 0.29) is 18.4 Å². The Morgan fingerprint density at radius 2 is 2.10 bits per heavy atom. The van der Waals surface area contributed by atoms with Gasteiger partial charge >= 0.3 is 0 Å². The van der Waals surface area contributed by atoms with E-state index in [1.54, 1.807) is 24.3 Å². The van der Waals surface area contributed by atoms with Gasteiger partial charge in [-0.05, 0) is 48.4 Å². The molecule has 30 heavy (non-hydrogen) atoms. The molecule has 2 aromatic carbocycles. The van der Waals surface area contributed by atoms with Gasteiger partial charge in [-0.1, -0.05) is 18.2 Å². The molecule has 0 aliphatic carbocycles. The Hall–Kier alpha value is -3.54. The van der Waals surface area contributed by atoms with Crippen LogP contribution in [0.25, 0.3) is 11.3 Å². The topological polar surface area (TPSA) is 107 Å². The minimum absolute atomic E-state index is 0.146. The number of carbonyl (C=O) groups excluding carboxylic acids is 2. The number of amides is 2. The predicted octanol–water partition coefficient (Wildman–Crippen LogP) is 2.70. The second-order valence-corrected chi connectivity index (χ2v) is 7.73. The van der Waals surface area contributed by atoms with Crippen LogP contribution in [-0.4, -0.2) is 29.9 Å². The van der Waals surface area contributed by atoms with Gasteiger partial charge in [0.25, 0.3) is 5.91 Å². The van der Waals surface area contributed by atoms with Crippen molar-refractivity contribution in [3.63, 3.8) is 0 Å². The van der Waals surface area contributed by atoms with Crippen molar-refractivity contribution >= 4 is 28.3 Å². The third kappa shape index (κ3) is 4.54. The van der Waals surface area contributed by atoms with Crippen LogP contribution in [0.5, 0.6) is 0 Å². The molecule has 1 aliphatic heterocycles. The third-order valence-electron chi connectivity index (χ3n) is 4.80. The van der Waals surface area contributed by atoms with Crippen molar-refractivity contribution in [3.8, 4) is 17.3 Å². The van der Waals surface area contributed by atoms with Gasteiger partial charge in [0.05, 0.1) is 23.9 Å². The average Bonchev–Trinajstić information content (AvgIpc) is 3.25. The summed E-state index contributed by atoms with van der Waals surface area (Å²) in [5.41, 5.74) is 4.95. The Bertz CT molecular complexity index is 1150. The summed E-state index contributed by atoms with van der Waals surface area (Å²) >= 11 is 1.29. The van der Waals surface area contributed by atoms with Crippen LogP contribution >= 0.6 is 11.3 Å². The summed E-state index contributed by atoms with van der Waals surface area (Å²) in [6, 6.07) is 14.8. The first-order valence-corrected chi connectivity index (χ1v) is 10.4. The van der Waals surface area contributed by atoms with Gasteiger partial charge in [0.2, 0.25) is 5.91 Å². The monoisotopic (exact) mass is 417 g/mol. The highest BCUT2D eigenvalue weighted by atomic mass is 32.1. The lowest BCUT2D eigenvalue weighted by molar-refractivity contribution is -0.115. The van der Waals surface area contributed by atoms with Gasteiger partial charge in [-0.3, -0.25) is 9.59 Å². The van der Waals surface area contributed by atoms with Gasteiger partial charge in [0.15, 0.2) is 5.13 Å². The van der Waals surface area contributed by atoms with Gasteiger partial charge in [-0.25, -0.2) is 4.98 Å². The minimum atomic E-state index is -0.352. The lowest BCUT2D eigenvalue weighted by Gasteiger charge is -2.17. The number of hydrogen-bond donors (Lipinski definition) is 3. The highest BCUT2D eigenvalue weighted by Crippen LogP contribution is 2.25. The molecular formula is C22H19N5O2S. The number of carbonyl (C=O) groups is 2. The SMILES string of the molecule is N#Cc1cccc(-c2csc(NC(=O)CNC(=O)c3ccc4c(c3)CNCC4)n2)c1. The van der Waals surface area contributed by atoms with Gasteiger partial charge in [0.1, 0.15) is 0 Å². The molecule has 8 heteroatoms. The highest BCUT2D eigenvalue weighted by Gasteiger charge is 2.14. The number of aromatic nitrogens is 1. The van der Waals surface area contributed by atoms with E-state index < -0.39 is 0 Å². The molecule has 0 atom stereocenters. The number of thiazole rings is 1. The van der Waals surface area contributed by atoms with Crippen LogP contribution in [0.2, 0.25) is 0 Å². The molecule has 3 aromatic rings. The van der Waals surface area contributed by atoms with Crippen molar-refractivity contribution in [2.45, 2.75) is 13.0 Å². The molecular weight excluding hydrogens is 398 g/mol. The van der Waals surface area contributed by atoms with Gasteiger partial charge in [-0.2, -0.15) is 5.26 Å². The summed E-state index contributed by atoms with van der Waals surface area (Å²) in [5, 5.41) is 19.9. The number of nitriles is 1. The minimum Gasteiger partial charge on any atom is -0.343 e. The van der Waals surface area contributed by atoms with Crippen LogP contribution in [0.1, 0.15) is 27.0 Å². The Labute approximate surface area is 177 Å². The van der Waals surface area contributed by atoms with E-state index in [9.17, 15) is 9.59 Å². The maximum Gasteiger partial charge on any atom is 0.251 e. The first kappa shape index (κ1) is 19.8. The van der Waals surface area contributed by atoms with E-state index in [1.165, 1.54) is 16.9 Å². The van der Waals surface area contributed by atoms with Crippen LogP contribution in [0.3, 0.4) is 0 Å². The summed E-state index contributed by atoms with van der Waals surface area (Å²) in [6.07, 6.45) is 0.955. The van der Waals surface area contributed by atoms with Gasteiger partial charge < -0.3 is 16.0 Å². The molecule has 150 valence electrons. The fourth-order valence-electron chi connectivity index (χ4n) is 3.26. The molecule has 0 radical (unpaired) electrons. The maximum atomic E-state index is 12.4. The molecule has 1 aliphatic rings. The molecule has 7 nitrogen and oxygen atoms in total. The van der Waals surface area contributed by atoms with Crippen molar-refractivity contribution in [3.05, 3.63) is 70.1 Å². The summed E-state index contributed by atoms with van der Waals surface area (Å²) < 4.78 is 0. The Morgan fingerprint density at radius 3 is 2.97 bits per heavy atom. The van der Waals surface area contributed by atoms with Gasteiger partial charge in [-0.15, -0.1) is 11.3 Å². The lowest BCUT2D eigenvalue weighted by Crippen LogP contribution is -2.33. The number of anilines is 1. The molecule has 0 saturated heterocycles. The highest BCUT2D eigenvalue weighted by molar-refractivity contribution is 7.14. The van der Waals surface area contributed by atoms with Crippen molar-refractivity contribution < 1.29 is 9.59 Å². The van der Waals surface area contributed by atoms with Crippen LogP contribution in [0.4, 0.5) is 5.13 Å². The van der Waals surface area contributed by atoms with Crippen molar-refractivity contribution in [1.82, 2.24) is 15.6 Å². The first-order valence-electron chi connectivity index (χ1n) is 9.49. The number of rotatable bonds is 5. The standard InChI is InChI=1S/C22H19N5O2S/c23-10-14-2-1-3-16(8-14)19-13-30-22(26-19)27-20(28)12-25-21(29)17-5-4-15-6-7-24-11-18(15)9-17/h1-5,8-9,13,24H,6-7,11-12H2,(H,25,29)(H,26,27,28). The molecule has 3 N–H and O–H groups in total. The predicted molar refractivity (Wildman–Crippen MR) is 115 cm³/mol. The Morgan fingerprint density at radius 1 is 1.20 bits per heavy atom. The van der Waals surface area contributed by atoms with E-state index in [2.05, 4.69) is 27.0 Å². The second-order valence-electron chi connectivity index (χ2n) is 6.87. The van der Waals surface area contributed by atoms with E-state index in [0.29, 0.717) is 22.0 Å². The smallest absolute Gasteiger partial charge is 0.251 e. The normalized spacial score (nSPS) is 12.5. The quantitative estimate of drug-likeness (QED) is 0.592. The Kier molecular flexibility index (Phi) is 5.84. The number of fused-ring (bicyclic) bond motifs is 1. The fraction of sp³-hybridized carbons (Fsp3) is 0.182. The molecule has 0 saturated carbocycles. The van der Waals surface area contributed by atoms with Crippen LogP contribution in [0.15, 0.2) is 47.8 Å². The van der Waals surface area contributed by atoms with E-state index in [0.717, 1.165) is 30.6 Å². The van der Waals surface area contributed by atoms with Crippen molar-refractivity contribution in [2.24, 2.45) is 0 Å². The zero-order valence-electron chi connectivity index (χ0n) is 16.1. The summed E-state index contributed by atoms with van der Waals surface area (Å²) in [4.78, 5) is 29.0. The number of hydrogen-bond acceptors (Lipinski definition) is 6. The molecule has 0 unspecified atom stereocenters. The van der Waals surface area contributed by atoms with Crippen molar-refractivity contribution in [1.29, 1.82) is 5.26 Å². The third-order valence-corrected chi connectivity index (χ3v) is 5.56. The molecule has 0 fully saturated rings. The summed E-state index contributed by atoms with van der Waals surface area (Å²) in [5.74, 6) is -0.638. The van der Waals surface area contributed by atoms with Crippen LogP contribution in [0, 0.1) is 11.3 Å². The number of benzene rings is 2. The zero-order valence-corrected chi connectivity index (χ0v) is 16.9. The molecule has 4 rings (SSSR count). The number of nitrogens with one attached hydrogen (secondary N) is 3. The molecule has 0 spiro atoms. The van der Waals surface area contributed by atoms with Crippen LogP contribution in [-0.2, 0) is 17.8 Å². The molecule has 2 heterocycles. The molecule has 1 aromatic heterocycles. The largest absolute Gasteiger partial charge is 0.343 e. The average molecular weight is 417 g/mol. The maximum absolute atomic E-state index is 12.4. The van der Waals surface area contributed by atoms with E-state index >= 15 is 0 Å². The summed E-state index contributed by atoms with van der Waals surface area (Å²) in [7, 11) is 0. The number of nitrogens with zero attached hydrogens (tertiary/aromatic N) is 2. The molecule has 2 amide bonds. The van der Waals surface area contributed by atoms with Crippen molar-refractivity contribution in [2.75, 3.05) is 18.4 Å². The summed E-state index contributed by atoms with van der Waals surface area (Å²) in [6.45, 7) is 1.55. The van der Waals surface area contributed by atoms with Gasteiger partial charge in [0, 0.05) is 23.1 Å². The molecule has 0 bridgehead atoms. The van der Waals surface area contributed by atoms with E-state index in [1.807, 2.05) is 23.6 Å². The van der Waals surface area contributed by atoms with E-state index in [4.69, 9.17) is 5.26 Å². The second kappa shape index (κ2) is 8.86. The first-order chi connectivity index (χ1) is 14.6. The van der Waals surface area contributed by atoms with Crippen LogP contribution < -0.4 is 16.0 Å².